The number of aliphatic hydroxyl groups is 6. The zero-order chi connectivity index (χ0) is 23.4. The number of hydrogen-bond acceptors (Lipinski definition) is 11. The second kappa shape index (κ2) is 11.5. The van der Waals surface area contributed by atoms with Gasteiger partial charge in [0.05, 0.1) is 18.6 Å². The zero-order valence-corrected chi connectivity index (χ0v) is 19.0. The molecule has 0 radical (unpaired) electrons. The summed E-state index contributed by atoms with van der Waals surface area (Å²) in [6.45, 7) is 0.00755. The molecule has 0 aromatic heterocycles. The van der Waals surface area contributed by atoms with Crippen molar-refractivity contribution in [3.63, 3.8) is 0 Å². The van der Waals surface area contributed by atoms with E-state index in [1.165, 1.54) is 0 Å². The Morgan fingerprint density at radius 2 is 1.34 bits per heavy atom. The molecule has 12 heteroatoms. The van der Waals surface area contributed by atoms with Crippen LogP contribution in [0.4, 0.5) is 0 Å². The van der Waals surface area contributed by atoms with E-state index in [0.717, 1.165) is 5.56 Å². The number of aliphatic hydroxyl groups excluding tert-OH is 6. The maximum atomic E-state index is 12.2. The van der Waals surface area contributed by atoms with Gasteiger partial charge in [0.25, 0.3) is 0 Å². The highest BCUT2D eigenvalue weighted by atomic mass is 127. The molecule has 6 N–H and O–H groups in total. The van der Waals surface area contributed by atoms with Crippen LogP contribution in [0.25, 0.3) is 0 Å². The quantitative estimate of drug-likeness (QED) is 0.124. The number of halogens is 1. The van der Waals surface area contributed by atoms with Crippen LogP contribution >= 0.6 is 22.6 Å². The van der Waals surface area contributed by atoms with Gasteiger partial charge < -0.3 is 49.6 Å². The fourth-order valence-electron chi connectivity index (χ4n) is 3.45. The first-order valence-electron chi connectivity index (χ1n) is 10.0. The molecule has 11 nitrogen and oxygen atoms in total. The summed E-state index contributed by atoms with van der Waals surface area (Å²) < 4.78 is 21.8. The number of alkyl halides is 1. The molecule has 2 saturated heterocycles. The minimum atomic E-state index is -1.74. The lowest BCUT2D eigenvalue weighted by atomic mass is 9.96. The van der Waals surface area contributed by atoms with Crippen LogP contribution in [0.2, 0.25) is 0 Å². The Morgan fingerprint density at radius 1 is 0.812 bits per heavy atom. The summed E-state index contributed by atoms with van der Waals surface area (Å²) >= 11 is 1.92. The minimum Gasteiger partial charge on any atom is -0.461 e. The fraction of sp³-hybridized carbons (Fsp3) is 0.650. The van der Waals surface area contributed by atoms with E-state index >= 15 is 0 Å². The molecule has 180 valence electrons. The van der Waals surface area contributed by atoms with E-state index < -0.39 is 73.8 Å². The van der Waals surface area contributed by atoms with Crippen LogP contribution in [0.5, 0.6) is 0 Å². The lowest BCUT2D eigenvalue weighted by Crippen LogP contribution is -2.63. The molecule has 2 heterocycles. The highest BCUT2D eigenvalue weighted by Gasteiger charge is 2.49. The monoisotopic (exact) mass is 570 g/mol. The minimum absolute atomic E-state index is 0.00755. The summed E-state index contributed by atoms with van der Waals surface area (Å²) in [7, 11) is 0. The SMILES string of the molecule is O=C(CC1OC(OC2OC(CI)[C@H](O)C(O)C2O)C(O)C(O)C1O)OCc1ccccc1. The van der Waals surface area contributed by atoms with Crippen molar-refractivity contribution in [3.8, 4) is 0 Å². The summed E-state index contributed by atoms with van der Waals surface area (Å²) in [5.74, 6) is -0.710. The van der Waals surface area contributed by atoms with Gasteiger partial charge in [-0.05, 0) is 5.56 Å². The standard InChI is InChI=1S/C20H27IO11/c21-7-11-14(24)16(26)18(28)20(31-11)32-19-17(27)15(25)13(23)10(30-19)6-12(22)29-8-9-4-2-1-3-5-9/h1-5,10-11,13-20,23-28H,6-8H2/t10?,11?,13?,14-,15?,16?,17?,18?,19?,20?/m0/s1. The Hall–Kier alpha value is -0.940. The van der Waals surface area contributed by atoms with Crippen molar-refractivity contribution < 1.29 is 54.4 Å². The third-order valence-corrected chi connectivity index (χ3v) is 6.24. The topological polar surface area (TPSA) is 175 Å². The third-order valence-electron chi connectivity index (χ3n) is 5.37. The molecular formula is C20H27IO11. The molecule has 2 aliphatic rings. The maximum Gasteiger partial charge on any atom is 0.308 e. The highest BCUT2D eigenvalue weighted by Crippen LogP contribution is 2.29. The van der Waals surface area contributed by atoms with E-state index in [2.05, 4.69) is 0 Å². The molecule has 32 heavy (non-hydrogen) atoms. The Bertz CT molecular complexity index is 736. The molecule has 0 aliphatic carbocycles. The number of carbonyl (C=O) groups is 1. The van der Waals surface area contributed by atoms with Gasteiger partial charge in [-0.1, -0.05) is 52.9 Å². The summed E-state index contributed by atoms with van der Waals surface area (Å²) in [6.07, 6.45) is -15.3. The van der Waals surface area contributed by atoms with Crippen molar-refractivity contribution in [2.24, 2.45) is 0 Å². The van der Waals surface area contributed by atoms with E-state index in [1.807, 2.05) is 28.7 Å². The van der Waals surface area contributed by atoms with Crippen LogP contribution in [-0.2, 0) is 30.3 Å². The molecule has 2 fully saturated rings. The van der Waals surface area contributed by atoms with Crippen molar-refractivity contribution in [3.05, 3.63) is 35.9 Å². The van der Waals surface area contributed by atoms with E-state index in [-0.39, 0.29) is 11.0 Å². The molecule has 0 spiro atoms. The second-order valence-corrected chi connectivity index (χ2v) is 8.55. The van der Waals surface area contributed by atoms with Gasteiger partial charge in [0, 0.05) is 4.43 Å². The first-order valence-corrected chi connectivity index (χ1v) is 11.6. The summed E-state index contributed by atoms with van der Waals surface area (Å²) in [6, 6.07) is 8.94. The molecule has 1 aromatic rings. The highest BCUT2D eigenvalue weighted by molar-refractivity contribution is 14.1. The van der Waals surface area contributed by atoms with Gasteiger partial charge in [-0.25, -0.2) is 0 Å². The van der Waals surface area contributed by atoms with Crippen LogP contribution < -0.4 is 0 Å². The lowest BCUT2D eigenvalue weighted by molar-refractivity contribution is -0.371. The van der Waals surface area contributed by atoms with E-state index in [4.69, 9.17) is 18.9 Å². The van der Waals surface area contributed by atoms with Gasteiger partial charge in [-0.2, -0.15) is 0 Å². The van der Waals surface area contributed by atoms with Crippen molar-refractivity contribution in [1.82, 2.24) is 0 Å². The molecule has 9 unspecified atom stereocenters. The van der Waals surface area contributed by atoms with Gasteiger partial charge in [0.1, 0.15) is 43.2 Å². The molecular weight excluding hydrogens is 543 g/mol. The summed E-state index contributed by atoms with van der Waals surface area (Å²) in [5.41, 5.74) is 0.761. The average molecular weight is 570 g/mol. The predicted molar refractivity (Wildman–Crippen MR) is 114 cm³/mol. The average Bonchev–Trinajstić information content (AvgIpc) is 2.80. The molecule has 0 saturated carbocycles. The number of carbonyl (C=O) groups excluding carboxylic acids is 1. The Balaban J connectivity index is 1.61. The van der Waals surface area contributed by atoms with Gasteiger partial charge in [-0.3, -0.25) is 4.79 Å². The van der Waals surface area contributed by atoms with Crippen LogP contribution in [0.15, 0.2) is 30.3 Å². The van der Waals surface area contributed by atoms with Gasteiger partial charge in [0.15, 0.2) is 12.6 Å². The number of esters is 1. The zero-order valence-electron chi connectivity index (χ0n) is 16.9. The van der Waals surface area contributed by atoms with Crippen molar-refractivity contribution in [2.45, 2.75) is 74.4 Å². The molecule has 1 aromatic carbocycles. The number of rotatable bonds is 7. The largest absolute Gasteiger partial charge is 0.461 e. The van der Waals surface area contributed by atoms with Crippen LogP contribution in [-0.4, -0.2) is 102 Å². The Morgan fingerprint density at radius 3 is 1.91 bits per heavy atom. The maximum absolute atomic E-state index is 12.2. The smallest absolute Gasteiger partial charge is 0.308 e. The summed E-state index contributed by atoms with van der Waals surface area (Å²) in [5, 5.41) is 60.8. The Kier molecular flexibility index (Phi) is 9.20. The lowest BCUT2D eigenvalue weighted by Gasteiger charge is -2.44. The second-order valence-electron chi connectivity index (χ2n) is 7.67. The first-order chi connectivity index (χ1) is 15.2. The third kappa shape index (κ3) is 5.94. The molecule has 0 bridgehead atoms. The summed E-state index contributed by atoms with van der Waals surface area (Å²) in [4.78, 5) is 12.2. The van der Waals surface area contributed by atoms with Crippen molar-refractivity contribution in [1.29, 1.82) is 0 Å². The number of benzene rings is 1. The molecule has 3 rings (SSSR count). The van der Waals surface area contributed by atoms with E-state index in [9.17, 15) is 35.4 Å². The predicted octanol–water partition coefficient (Wildman–Crippen LogP) is -1.81. The van der Waals surface area contributed by atoms with Crippen molar-refractivity contribution in [2.75, 3.05) is 4.43 Å². The van der Waals surface area contributed by atoms with Crippen molar-refractivity contribution >= 4 is 28.6 Å². The van der Waals surface area contributed by atoms with E-state index in [1.54, 1.807) is 24.3 Å². The Labute approximate surface area is 197 Å². The van der Waals surface area contributed by atoms with Gasteiger partial charge >= 0.3 is 5.97 Å². The molecule has 10 atom stereocenters. The number of hydrogen-bond donors (Lipinski definition) is 6. The van der Waals surface area contributed by atoms with E-state index in [0.29, 0.717) is 0 Å². The molecule has 2 aliphatic heterocycles. The number of ether oxygens (including phenoxy) is 4. The normalized spacial score (nSPS) is 40.1. The first kappa shape index (κ1) is 25.7. The van der Waals surface area contributed by atoms with Crippen LogP contribution in [0.1, 0.15) is 12.0 Å². The van der Waals surface area contributed by atoms with Gasteiger partial charge in [0.2, 0.25) is 0 Å². The molecule has 0 amide bonds. The van der Waals surface area contributed by atoms with Crippen LogP contribution in [0.3, 0.4) is 0 Å². The fourth-order valence-corrected chi connectivity index (χ4v) is 4.18. The van der Waals surface area contributed by atoms with Crippen LogP contribution in [0, 0.1) is 0 Å². The van der Waals surface area contributed by atoms with Gasteiger partial charge in [-0.15, -0.1) is 0 Å².